The summed E-state index contributed by atoms with van der Waals surface area (Å²) in [5, 5.41) is 0. The van der Waals surface area contributed by atoms with Crippen LogP contribution in [0.2, 0.25) is 0 Å². The molecule has 19 heavy (non-hydrogen) atoms. The first kappa shape index (κ1) is 16.0. The molecule has 0 N–H and O–H groups in total. The van der Waals surface area contributed by atoms with Gasteiger partial charge in [0.05, 0.1) is 16.6 Å². The molecule has 0 amide bonds. The molecule has 1 saturated carbocycles. The van der Waals surface area contributed by atoms with Crippen LogP contribution in [0.3, 0.4) is 0 Å². The Morgan fingerprint density at radius 1 is 1.16 bits per heavy atom. The summed E-state index contributed by atoms with van der Waals surface area (Å²) in [4.78, 5) is 0. The lowest BCUT2D eigenvalue weighted by Crippen LogP contribution is -2.53. The predicted molar refractivity (Wildman–Crippen MR) is 88.7 cm³/mol. The molecule has 1 heterocycles. The quantitative estimate of drug-likeness (QED) is 0.581. The number of halogens is 2. The Morgan fingerprint density at radius 3 is 2.11 bits per heavy atom. The molecule has 110 valence electrons. The summed E-state index contributed by atoms with van der Waals surface area (Å²) < 4.78 is 6.67. The van der Waals surface area contributed by atoms with Gasteiger partial charge in [-0.1, -0.05) is 26.8 Å². The van der Waals surface area contributed by atoms with Gasteiger partial charge in [-0.15, -0.1) is 0 Å². The molecule has 3 heteroatoms. The lowest BCUT2D eigenvalue weighted by Gasteiger charge is -2.53. The lowest BCUT2D eigenvalue weighted by molar-refractivity contribution is -0.182. The summed E-state index contributed by atoms with van der Waals surface area (Å²) in [6, 6.07) is 0. The molecule has 0 bridgehead atoms. The Bertz CT molecular complexity index is 327. The molecule has 1 saturated heterocycles. The number of allylic oxidation sites excluding steroid dienone is 1. The Balaban J connectivity index is 1.87. The summed E-state index contributed by atoms with van der Waals surface area (Å²) in [5.41, 5.74) is 0.817. The fraction of sp³-hybridized carbons (Fsp3) is 0.875. The minimum atomic E-state index is 0.376. The van der Waals surface area contributed by atoms with E-state index in [4.69, 9.17) is 4.74 Å². The van der Waals surface area contributed by atoms with Crippen molar-refractivity contribution in [3.8, 4) is 0 Å². The van der Waals surface area contributed by atoms with Gasteiger partial charge in [0.1, 0.15) is 0 Å². The molecule has 2 aliphatic rings. The topological polar surface area (TPSA) is 9.23 Å². The maximum Gasteiger partial charge on any atom is 0.0567 e. The van der Waals surface area contributed by atoms with E-state index in [1.165, 1.54) is 32.1 Å². The van der Waals surface area contributed by atoms with Gasteiger partial charge < -0.3 is 4.74 Å². The molecular weight excluding hydrogens is 368 g/mol. The largest absolute Gasteiger partial charge is 0.380 e. The zero-order valence-electron chi connectivity index (χ0n) is 12.3. The average molecular weight is 394 g/mol. The molecule has 0 aromatic heterocycles. The Kier molecular flexibility index (Phi) is 5.23. The SMILES string of the molecule is CC(C)(C)C1(CC2CCC(C=C(Br)Br)CC2)COC1. The maximum atomic E-state index is 5.56. The van der Waals surface area contributed by atoms with E-state index in [1.807, 2.05) is 0 Å². The number of ether oxygens (including phenoxy) is 1. The van der Waals surface area contributed by atoms with Crippen molar-refractivity contribution in [1.29, 1.82) is 0 Å². The van der Waals surface area contributed by atoms with Gasteiger partial charge in [-0.05, 0) is 81.2 Å². The highest BCUT2D eigenvalue weighted by Crippen LogP contribution is 2.51. The predicted octanol–water partition coefficient (Wildman–Crippen LogP) is 5.88. The summed E-state index contributed by atoms with van der Waals surface area (Å²) in [5.74, 6) is 1.66. The van der Waals surface area contributed by atoms with E-state index < -0.39 is 0 Å². The molecule has 1 nitrogen and oxygen atoms in total. The maximum absolute atomic E-state index is 5.56. The Morgan fingerprint density at radius 2 is 1.74 bits per heavy atom. The van der Waals surface area contributed by atoms with Gasteiger partial charge in [-0.2, -0.15) is 0 Å². The van der Waals surface area contributed by atoms with E-state index >= 15 is 0 Å². The van der Waals surface area contributed by atoms with E-state index in [1.54, 1.807) is 0 Å². The van der Waals surface area contributed by atoms with E-state index in [0.717, 1.165) is 28.4 Å². The zero-order valence-corrected chi connectivity index (χ0v) is 15.5. The zero-order chi connectivity index (χ0) is 14.1. The van der Waals surface area contributed by atoms with Crippen LogP contribution in [0.5, 0.6) is 0 Å². The molecule has 0 aromatic carbocycles. The third-order valence-corrected chi connectivity index (χ3v) is 5.81. The second-order valence-electron chi connectivity index (χ2n) is 7.46. The van der Waals surface area contributed by atoms with Crippen molar-refractivity contribution in [3.05, 3.63) is 9.47 Å². The second-order valence-corrected chi connectivity index (χ2v) is 10.2. The minimum Gasteiger partial charge on any atom is -0.380 e. The van der Waals surface area contributed by atoms with E-state index in [2.05, 4.69) is 58.7 Å². The van der Waals surface area contributed by atoms with Crippen LogP contribution >= 0.6 is 31.9 Å². The second kappa shape index (κ2) is 6.19. The highest BCUT2D eigenvalue weighted by molar-refractivity contribution is 9.28. The minimum absolute atomic E-state index is 0.376. The fourth-order valence-electron chi connectivity index (χ4n) is 3.50. The van der Waals surface area contributed by atoms with Crippen molar-refractivity contribution in [2.45, 2.75) is 52.9 Å². The molecule has 1 aliphatic carbocycles. The van der Waals surface area contributed by atoms with E-state index in [9.17, 15) is 0 Å². The van der Waals surface area contributed by atoms with Crippen LogP contribution in [-0.2, 0) is 4.74 Å². The summed E-state index contributed by atoms with van der Waals surface area (Å²) in [7, 11) is 0. The number of rotatable bonds is 3. The molecule has 0 atom stereocenters. The van der Waals surface area contributed by atoms with Crippen LogP contribution in [0.25, 0.3) is 0 Å². The van der Waals surface area contributed by atoms with Gasteiger partial charge >= 0.3 is 0 Å². The van der Waals surface area contributed by atoms with Crippen LogP contribution in [0, 0.1) is 22.7 Å². The van der Waals surface area contributed by atoms with Gasteiger partial charge in [0.15, 0.2) is 0 Å². The van der Waals surface area contributed by atoms with Crippen LogP contribution in [-0.4, -0.2) is 13.2 Å². The smallest absolute Gasteiger partial charge is 0.0567 e. The number of hydrogen-bond acceptors (Lipinski definition) is 1. The van der Waals surface area contributed by atoms with Crippen molar-refractivity contribution >= 4 is 31.9 Å². The van der Waals surface area contributed by atoms with Crippen LogP contribution in [0.4, 0.5) is 0 Å². The molecular formula is C16H26Br2O. The first-order valence-corrected chi connectivity index (χ1v) is 9.02. The van der Waals surface area contributed by atoms with Gasteiger partial charge in [0.2, 0.25) is 0 Å². The normalized spacial score (nSPS) is 30.6. The van der Waals surface area contributed by atoms with Crippen molar-refractivity contribution in [3.63, 3.8) is 0 Å². The lowest BCUT2D eigenvalue weighted by atomic mass is 9.59. The first-order valence-electron chi connectivity index (χ1n) is 7.43. The third-order valence-electron chi connectivity index (χ3n) is 5.28. The highest BCUT2D eigenvalue weighted by atomic mass is 79.9. The van der Waals surface area contributed by atoms with Crippen molar-refractivity contribution < 1.29 is 4.74 Å². The van der Waals surface area contributed by atoms with Crippen molar-refractivity contribution in [2.24, 2.45) is 22.7 Å². The molecule has 2 fully saturated rings. The summed E-state index contributed by atoms with van der Waals surface area (Å²) in [6.45, 7) is 9.09. The molecule has 0 aromatic rings. The first-order chi connectivity index (χ1) is 8.82. The van der Waals surface area contributed by atoms with E-state index in [-0.39, 0.29) is 0 Å². The molecule has 1 aliphatic heterocycles. The van der Waals surface area contributed by atoms with Gasteiger partial charge in [-0.3, -0.25) is 0 Å². The van der Waals surface area contributed by atoms with E-state index in [0.29, 0.717) is 10.8 Å². The molecule has 0 unspecified atom stereocenters. The summed E-state index contributed by atoms with van der Waals surface area (Å²) in [6.07, 6.45) is 9.13. The van der Waals surface area contributed by atoms with Crippen LogP contribution in [0.1, 0.15) is 52.9 Å². The van der Waals surface area contributed by atoms with Gasteiger partial charge in [-0.25, -0.2) is 0 Å². The van der Waals surface area contributed by atoms with Gasteiger partial charge in [0, 0.05) is 5.41 Å². The molecule has 0 spiro atoms. The molecule has 2 rings (SSSR count). The monoisotopic (exact) mass is 392 g/mol. The highest BCUT2D eigenvalue weighted by Gasteiger charge is 2.49. The third kappa shape index (κ3) is 3.85. The standard InChI is InChI=1S/C16H26Br2O/c1-15(2,3)16(10-19-11-16)9-13-6-4-12(5-7-13)8-14(17)18/h8,12-13H,4-7,9-11H2,1-3H3. The molecule has 0 radical (unpaired) electrons. The fourth-order valence-corrected chi connectivity index (χ4v) is 4.24. The Labute approximate surface area is 134 Å². The van der Waals surface area contributed by atoms with Gasteiger partial charge in [0.25, 0.3) is 0 Å². The van der Waals surface area contributed by atoms with Crippen LogP contribution < -0.4 is 0 Å². The van der Waals surface area contributed by atoms with Crippen molar-refractivity contribution in [2.75, 3.05) is 13.2 Å². The number of hydrogen-bond donors (Lipinski definition) is 0. The summed E-state index contributed by atoms with van der Waals surface area (Å²) >= 11 is 6.96. The Hall–Kier alpha value is 0.660. The van der Waals surface area contributed by atoms with Crippen LogP contribution in [0.15, 0.2) is 9.47 Å². The average Bonchev–Trinajstić information content (AvgIpc) is 2.23. The van der Waals surface area contributed by atoms with Crippen molar-refractivity contribution in [1.82, 2.24) is 0 Å².